The van der Waals surface area contributed by atoms with Crippen molar-refractivity contribution in [1.82, 2.24) is 9.80 Å². The Hall–Kier alpha value is -2.76. The lowest BCUT2D eigenvalue weighted by Gasteiger charge is -2.34. The maximum Gasteiger partial charge on any atom is 0.289 e. The molecule has 0 atom stereocenters. The molecule has 0 spiro atoms. The van der Waals surface area contributed by atoms with Crippen LogP contribution >= 0.6 is 0 Å². The van der Waals surface area contributed by atoms with Crippen LogP contribution in [-0.4, -0.2) is 54.9 Å². The fraction of sp³-hybridized carbons (Fsp3) is 0.429. The van der Waals surface area contributed by atoms with Gasteiger partial charge in [-0.1, -0.05) is 26.0 Å². The zero-order chi connectivity index (χ0) is 19.4. The molecule has 6 nitrogen and oxygen atoms in total. The molecular weight excluding hydrogens is 344 g/mol. The molecule has 0 saturated carbocycles. The van der Waals surface area contributed by atoms with Crippen LogP contribution in [0.15, 0.2) is 41.0 Å². The Kier molecular flexibility index (Phi) is 5.84. The number of piperazine rings is 1. The summed E-state index contributed by atoms with van der Waals surface area (Å²) in [5.74, 6) is 1.42. The van der Waals surface area contributed by atoms with Gasteiger partial charge in [0.15, 0.2) is 5.76 Å². The van der Waals surface area contributed by atoms with E-state index in [-0.39, 0.29) is 11.8 Å². The molecule has 3 rings (SSSR count). The van der Waals surface area contributed by atoms with Crippen molar-refractivity contribution in [3.63, 3.8) is 0 Å². The summed E-state index contributed by atoms with van der Waals surface area (Å²) in [6.45, 7) is 6.32. The second-order valence-corrected chi connectivity index (χ2v) is 7.05. The minimum Gasteiger partial charge on any atom is -0.496 e. The van der Waals surface area contributed by atoms with Gasteiger partial charge < -0.3 is 19.0 Å². The number of carbonyl (C=O) groups excluding carboxylic acids is 2. The second-order valence-electron chi connectivity index (χ2n) is 7.05. The van der Waals surface area contributed by atoms with Crippen molar-refractivity contribution in [2.75, 3.05) is 33.3 Å². The third kappa shape index (κ3) is 4.32. The van der Waals surface area contributed by atoms with E-state index < -0.39 is 0 Å². The number of hydrogen-bond acceptors (Lipinski definition) is 4. The highest BCUT2D eigenvalue weighted by Gasteiger charge is 2.26. The van der Waals surface area contributed by atoms with Gasteiger partial charge >= 0.3 is 0 Å². The van der Waals surface area contributed by atoms with Gasteiger partial charge in [-0.3, -0.25) is 9.59 Å². The maximum absolute atomic E-state index is 12.7. The van der Waals surface area contributed by atoms with Crippen molar-refractivity contribution in [3.05, 3.63) is 53.5 Å². The standard InChI is InChI=1S/C21H26N2O4/c1-15(2)16-6-7-17(19(13-16)26-3)14-20(24)22-8-10-23(11-9-22)21(25)18-5-4-12-27-18/h4-7,12-13,15H,8-11,14H2,1-3H3. The maximum atomic E-state index is 12.7. The highest BCUT2D eigenvalue weighted by atomic mass is 16.5. The van der Waals surface area contributed by atoms with Crippen LogP contribution in [0.3, 0.4) is 0 Å². The average Bonchev–Trinajstić information content (AvgIpc) is 3.22. The Labute approximate surface area is 159 Å². The molecule has 0 N–H and O–H groups in total. The number of rotatable bonds is 5. The van der Waals surface area contributed by atoms with E-state index in [9.17, 15) is 9.59 Å². The van der Waals surface area contributed by atoms with E-state index in [1.165, 1.54) is 11.8 Å². The van der Waals surface area contributed by atoms with Crippen molar-refractivity contribution in [1.29, 1.82) is 0 Å². The first kappa shape index (κ1) is 19.0. The van der Waals surface area contributed by atoms with E-state index in [4.69, 9.17) is 9.15 Å². The number of nitrogens with zero attached hydrogens (tertiary/aromatic N) is 2. The van der Waals surface area contributed by atoms with Crippen molar-refractivity contribution in [2.24, 2.45) is 0 Å². The topological polar surface area (TPSA) is 63.0 Å². The average molecular weight is 370 g/mol. The molecule has 0 radical (unpaired) electrons. The summed E-state index contributed by atoms with van der Waals surface area (Å²) < 4.78 is 10.6. The third-order valence-corrected chi connectivity index (χ3v) is 4.97. The number of amides is 2. The Morgan fingerprint density at radius 3 is 2.41 bits per heavy atom. The number of furan rings is 1. The van der Waals surface area contributed by atoms with Crippen molar-refractivity contribution in [2.45, 2.75) is 26.2 Å². The lowest BCUT2D eigenvalue weighted by molar-refractivity contribution is -0.131. The minimum atomic E-state index is -0.127. The van der Waals surface area contributed by atoms with E-state index in [0.29, 0.717) is 44.3 Å². The van der Waals surface area contributed by atoms with Crippen LogP contribution in [0.2, 0.25) is 0 Å². The molecule has 6 heteroatoms. The Balaban J connectivity index is 1.59. The first-order chi connectivity index (χ1) is 13.0. The predicted molar refractivity (Wildman–Crippen MR) is 102 cm³/mol. The van der Waals surface area contributed by atoms with Crippen LogP contribution in [0.5, 0.6) is 5.75 Å². The Morgan fingerprint density at radius 1 is 1.11 bits per heavy atom. The van der Waals surface area contributed by atoms with Gasteiger partial charge in [0.2, 0.25) is 5.91 Å². The zero-order valence-corrected chi connectivity index (χ0v) is 16.1. The molecule has 1 aromatic carbocycles. The van der Waals surface area contributed by atoms with E-state index in [1.54, 1.807) is 24.1 Å². The number of hydrogen-bond donors (Lipinski definition) is 0. The van der Waals surface area contributed by atoms with Gasteiger partial charge in [0.25, 0.3) is 5.91 Å². The third-order valence-electron chi connectivity index (χ3n) is 4.97. The number of ether oxygens (including phenoxy) is 1. The fourth-order valence-corrected chi connectivity index (χ4v) is 3.26. The van der Waals surface area contributed by atoms with Crippen LogP contribution in [0, 0.1) is 0 Å². The highest BCUT2D eigenvalue weighted by molar-refractivity contribution is 5.91. The van der Waals surface area contributed by atoms with Gasteiger partial charge in [-0.05, 0) is 29.7 Å². The number of benzene rings is 1. The Morgan fingerprint density at radius 2 is 1.81 bits per heavy atom. The predicted octanol–water partition coefficient (Wildman–Crippen LogP) is 2.94. The molecule has 1 aromatic heterocycles. The fourth-order valence-electron chi connectivity index (χ4n) is 3.26. The Bertz CT molecular complexity index is 791. The summed E-state index contributed by atoms with van der Waals surface area (Å²) in [6, 6.07) is 9.39. The summed E-state index contributed by atoms with van der Waals surface area (Å²) in [6.07, 6.45) is 1.79. The zero-order valence-electron chi connectivity index (χ0n) is 16.1. The van der Waals surface area contributed by atoms with Gasteiger partial charge in [-0.15, -0.1) is 0 Å². The second kappa shape index (κ2) is 8.29. The number of carbonyl (C=O) groups is 2. The molecule has 1 aliphatic heterocycles. The van der Waals surface area contributed by atoms with Crippen molar-refractivity contribution in [3.8, 4) is 5.75 Å². The van der Waals surface area contributed by atoms with E-state index in [0.717, 1.165) is 11.3 Å². The van der Waals surface area contributed by atoms with Gasteiger partial charge in [-0.2, -0.15) is 0 Å². The normalized spacial score (nSPS) is 14.5. The summed E-state index contributed by atoms with van der Waals surface area (Å²) in [4.78, 5) is 28.5. The van der Waals surface area contributed by atoms with Crippen LogP contribution in [0.25, 0.3) is 0 Å². The molecule has 1 fully saturated rings. The molecule has 144 valence electrons. The quantitative estimate of drug-likeness (QED) is 0.812. The monoisotopic (exact) mass is 370 g/mol. The van der Waals surface area contributed by atoms with Crippen LogP contribution in [0.4, 0.5) is 0 Å². The molecule has 0 aliphatic carbocycles. The largest absolute Gasteiger partial charge is 0.496 e. The molecule has 2 amide bonds. The molecule has 27 heavy (non-hydrogen) atoms. The van der Waals surface area contributed by atoms with E-state index in [1.807, 2.05) is 17.0 Å². The molecule has 2 aromatic rings. The first-order valence-corrected chi connectivity index (χ1v) is 9.27. The van der Waals surface area contributed by atoms with Gasteiger partial charge in [0, 0.05) is 31.7 Å². The van der Waals surface area contributed by atoms with E-state index in [2.05, 4.69) is 19.9 Å². The summed E-state index contributed by atoms with van der Waals surface area (Å²) in [5.41, 5.74) is 2.08. The van der Waals surface area contributed by atoms with Crippen LogP contribution in [-0.2, 0) is 11.2 Å². The van der Waals surface area contributed by atoms with Gasteiger partial charge in [-0.25, -0.2) is 0 Å². The molecule has 2 heterocycles. The van der Waals surface area contributed by atoms with Crippen LogP contribution in [0.1, 0.15) is 41.4 Å². The van der Waals surface area contributed by atoms with Gasteiger partial charge in [0.1, 0.15) is 5.75 Å². The summed E-state index contributed by atoms with van der Waals surface area (Å²) in [7, 11) is 1.63. The van der Waals surface area contributed by atoms with Crippen molar-refractivity contribution < 1.29 is 18.7 Å². The lowest BCUT2D eigenvalue weighted by atomic mass is 9.99. The lowest BCUT2D eigenvalue weighted by Crippen LogP contribution is -2.50. The highest BCUT2D eigenvalue weighted by Crippen LogP contribution is 2.25. The molecule has 1 aliphatic rings. The molecule has 0 bridgehead atoms. The first-order valence-electron chi connectivity index (χ1n) is 9.27. The smallest absolute Gasteiger partial charge is 0.289 e. The summed E-state index contributed by atoms with van der Waals surface area (Å²) in [5, 5.41) is 0. The van der Waals surface area contributed by atoms with Gasteiger partial charge in [0.05, 0.1) is 19.8 Å². The minimum absolute atomic E-state index is 0.0516. The molecular formula is C21H26N2O4. The summed E-state index contributed by atoms with van der Waals surface area (Å²) >= 11 is 0. The molecule has 0 unspecified atom stereocenters. The van der Waals surface area contributed by atoms with Crippen LogP contribution < -0.4 is 4.74 Å². The molecule has 1 saturated heterocycles. The SMILES string of the molecule is COc1cc(C(C)C)ccc1CC(=O)N1CCN(C(=O)c2ccco2)CC1. The van der Waals surface area contributed by atoms with Crippen molar-refractivity contribution >= 4 is 11.8 Å². The van der Waals surface area contributed by atoms with E-state index >= 15 is 0 Å². The number of methoxy groups -OCH3 is 1.